The van der Waals surface area contributed by atoms with Crippen molar-refractivity contribution in [3.63, 3.8) is 0 Å². The van der Waals surface area contributed by atoms with Gasteiger partial charge in [-0.3, -0.25) is 4.79 Å². The number of anilines is 1. The quantitative estimate of drug-likeness (QED) is 0.912. The Morgan fingerprint density at radius 1 is 1.32 bits per heavy atom. The van der Waals surface area contributed by atoms with Gasteiger partial charge in [-0.15, -0.1) is 10.2 Å². The Morgan fingerprint density at radius 3 is 2.68 bits per heavy atom. The molecule has 100 valence electrons. The number of amides is 1. The van der Waals surface area contributed by atoms with E-state index in [9.17, 15) is 4.79 Å². The lowest BCUT2D eigenvalue weighted by molar-refractivity contribution is -0.115. The third-order valence-corrected chi connectivity index (χ3v) is 3.39. The SMILES string of the molecule is CCC(=O)Nc1nnc(Cc2ccc(OC)cc2)s1. The molecule has 0 aliphatic heterocycles. The second kappa shape index (κ2) is 6.29. The lowest BCUT2D eigenvalue weighted by Crippen LogP contribution is -2.08. The topological polar surface area (TPSA) is 64.1 Å². The lowest BCUT2D eigenvalue weighted by atomic mass is 10.1. The van der Waals surface area contributed by atoms with Crippen molar-refractivity contribution in [1.29, 1.82) is 0 Å². The number of nitrogens with one attached hydrogen (secondary N) is 1. The number of aromatic nitrogens is 2. The second-order valence-corrected chi connectivity index (χ2v) is 4.99. The fourth-order valence-electron chi connectivity index (χ4n) is 1.50. The number of benzene rings is 1. The van der Waals surface area contributed by atoms with E-state index < -0.39 is 0 Å². The molecule has 0 saturated heterocycles. The average molecular weight is 277 g/mol. The summed E-state index contributed by atoms with van der Waals surface area (Å²) in [5.41, 5.74) is 1.13. The van der Waals surface area contributed by atoms with E-state index in [2.05, 4.69) is 15.5 Å². The molecular weight excluding hydrogens is 262 g/mol. The molecule has 0 saturated carbocycles. The van der Waals surface area contributed by atoms with E-state index in [1.165, 1.54) is 11.3 Å². The van der Waals surface area contributed by atoms with Crippen LogP contribution in [0.4, 0.5) is 5.13 Å². The van der Waals surface area contributed by atoms with Crippen molar-refractivity contribution in [3.05, 3.63) is 34.8 Å². The predicted molar refractivity (Wildman–Crippen MR) is 74.6 cm³/mol. The van der Waals surface area contributed by atoms with Crippen LogP contribution in [0.5, 0.6) is 5.75 Å². The number of hydrogen-bond acceptors (Lipinski definition) is 5. The molecule has 0 radical (unpaired) electrons. The predicted octanol–water partition coefficient (Wildman–Crippen LogP) is 2.49. The fraction of sp³-hybridized carbons (Fsp3) is 0.308. The van der Waals surface area contributed by atoms with Crippen molar-refractivity contribution < 1.29 is 9.53 Å². The Kier molecular flexibility index (Phi) is 4.46. The van der Waals surface area contributed by atoms with Crippen LogP contribution >= 0.6 is 11.3 Å². The van der Waals surface area contributed by atoms with Crippen LogP contribution in [0.1, 0.15) is 23.9 Å². The molecule has 0 bridgehead atoms. The molecule has 1 N–H and O–H groups in total. The maximum absolute atomic E-state index is 11.2. The number of nitrogens with zero attached hydrogens (tertiary/aromatic N) is 2. The molecule has 5 nitrogen and oxygen atoms in total. The number of ether oxygens (including phenoxy) is 1. The Balaban J connectivity index is 2.00. The Morgan fingerprint density at radius 2 is 2.05 bits per heavy atom. The molecule has 1 aromatic carbocycles. The number of methoxy groups -OCH3 is 1. The second-order valence-electron chi connectivity index (χ2n) is 3.93. The largest absolute Gasteiger partial charge is 0.497 e. The van der Waals surface area contributed by atoms with Gasteiger partial charge in [0.05, 0.1) is 7.11 Å². The van der Waals surface area contributed by atoms with Crippen LogP contribution in [-0.2, 0) is 11.2 Å². The van der Waals surface area contributed by atoms with Crippen molar-refractivity contribution in [1.82, 2.24) is 10.2 Å². The molecule has 2 aromatic rings. The first kappa shape index (κ1) is 13.5. The summed E-state index contributed by atoms with van der Waals surface area (Å²) in [5, 5.41) is 12.1. The number of carbonyl (C=O) groups excluding carboxylic acids is 1. The van der Waals surface area contributed by atoms with Crippen LogP contribution in [0, 0.1) is 0 Å². The summed E-state index contributed by atoms with van der Waals surface area (Å²) >= 11 is 1.40. The van der Waals surface area contributed by atoms with Crippen LogP contribution in [0.2, 0.25) is 0 Å². The molecule has 19 heavy (non-hydrogen) atoms. The molecule has 6 heteroatoms. The molecule has 1 aromatic heterocycles. The van der Waals surface area contributed by atoms with E-state index in [-0.39, 0.29) is 5.91 Å². The van der Waals surface area contributed by atoms with Gasteiger partial charge >= 0.3 is 0 Å². The highest BCUT2D eigenvalue weighted by Crippen LogP contribution is 2.20. The molecule has 1 amide bonds. The zero-order valence-electron chi connectivity index (χ0n) is 10.8. The normalized spacial score (nSPS) is 10.2. The van der Waals surface area contributed by atoms with Crippen molar-refractivity contribution in [2.24, 2.45) is 0 Å². The first-order valence-corrected chi connectivity index (χ1v) is 6.78. The minimum Gasteiger partial charge on any atom is -0.497 e. The van der Waals surface area contributed by atoms with E-state index in [4.69, 9.17) is 4.74 Å². The molecule has 0 atom stereocenters. The fourth-order valence-corrected chi connectivity index (χ4v) is 2.29. The number of carbonyl (C=O) groups is 1. The zero-order valence-corrected chi connectivity index (χ0v) is 11.7. The molecule has 1 heterocycles. The molecule has 2 rings (SSSR count). The maximum atomic E-state index is 11.2. The van der Waals surface area contributed by atoms with Crippen LogP contribution in [0.3, 0.4) is 0 Å². The molecule has 0 spiro atoms. The standard InChI is InChI=1S/C13H15N3O2S/c1-3-11(17)14-13-16-15-12(19-13)8-9-4-6-10(18-2)7-5-9/h4-7H,3,8H2,1-2H3,(H,14,16,17). The van der Waals surface area contributed by atoms with Crippen molar-refractivity contribution in [2.75, 3.05) is 12.4 Å². The summed E-state index contributed by atoms with van der Waals surface area (Å²) in [5.74, 6) is 0.782. The minimum absolute atomic E-state index is 0.0489. The number of hydrogen-bond donors (Lipinski definition) is 1. The van der Waals surface area contributed by atoms with Crippen molar-refractivity contribution in [2.45, 2.75) is 19.8 Å². The van der Waals surface area contributed by atoms with Gasteiger partial charge in [-0.05, 0) is 17.7 Å². The highest BCUT2D eigenvalue weighted by Gasteiger charge is 2.07. The molecule has 0 unspecified atom stereocenters. The highest BCUT2D eigenvalue weighted by atomic mass is 32.1. The van der Waals surface area contributed by atoms with Gasteiger partial charge < -0.3 is 10.1 Å². The van der Waals surface area contributed by atoms with Gasteiger partial charge in [0.1, 0.15) is 10.8 Å². The smallest absolute Gasteiger partial charge is 0.225 e. The summed E-state index contributed by atoms with van der Waals surface area (Å²) in [4.78, 5) is 11.2. The van der Waals surface area contributed by atoms with Gasteiger partial charge in [0, 0.05) is 12.8 Å². The van der Waals surface area contributed by atoms with Crippen molar-refractivity contribution in [3.8, 4) is 5.75 Å². The summed E-state index contributed by atoms with van der Waals surface area (Å²) in [6.45, 7) is 1.80. The van der Waals surface area contributed by atoms with Crippen LogP contribution in [0.25, 0.3) is 0 Å². The third kappa shape index (κ3) is 3.75. The van der Waals surface area contributed by atoms with E-state index in [1.54, 1.807) is 14.0 Å². The molecule has 0 fully saturated rings. The molecule has 0 aliphatic rings. The van der Waals surface area contributed by atoms with E-state index in [0.29, 0.717) is 18.0 Å². The Labute approximate surface area is 115 Å². The lowest BCUT2D eigenvalue weighted by Gasteiger charge is -2.00. The third-order valence-electron chi connectivity index (χ3n) is 2.55. The first-order chi connectivity index (χ1) is 9.21. The molecule has 0 aliphatic carbocycles. The van der Waals surface area contributed by atoms with Gasteiger partial charge in [0.15, 0.2) is 0 Å². The van der Waals surface area contributed by atoms with Crippen LogP contribution < -0.4 is 10.1 Å². The van der Waals surface area contributed by atoms with Crippen LogP contribution in [0.15, 0.2) is 24.3 Å². The average Bonchev–Trinajstić information content (AvgIpc) is 2.86. The van der Waals surface area contributed by atoms with Gasteiger partial charge in [0.25, 0.3) is 0 Å². The van der Waals surface area contributed by atoms with Gasteiger partial charge in [0.2, 0.25) is 11.0 Å². The van der Waals surface area contributed by atoms with Gasteiger partial charge in [-0.1, -0.05) is 30.4 Å². The summed E-state index contributed by atoms with van der Waals surface area (Å²) < 4.78 is 5.11. The minimum atomic E-state index is -0.0489. The molecular formula is C13H15N3O2S. The maximum Gasteiger partial charge on any atom is 0.225 e. The van der Waals surface area contributed by atoms with Crippen LogP contribution in [-0.4, -0.2) is 23.2 Å². The zero-order chi connectivity index (χ0) is 13.7. The van der Waals surface area contributed by atoms with Gasteiger partial charge in [-0.25, -0.2) is 0 Å². The summed E-state index contributed by atoms with van der Waals surface area (Å²) in [7, 11) is 1.64. The monoisotopic (exact) mass is 277 g/mol. The Bertz CT molecular complexity index is 551. The first-order valence-electron chi connectivity index (χ1n) is 5.96. The van der Waals surface area contributed by atoms with E-state index >= 15 is 0 Å². The van der Waals surface area contributed by atoms with E-state index in [1.807, 2.05) is 24.3 Å². The summed E-state index contributed by atoms with van der Waals surface area (Å²) in [6, 6.07) is 7.81. The number of rotatable bonds is 5. The van der Waals surface area contributed by atoms with Gasteiger partial charge in [-0.2, -0.15) is 0 Å². The highest BCUT2D eigenvalue weighted by molar-refractivity contribution is 7.15. The summed E-state index contributed by atoms with van der Waals surface area (Å²) in [6.07, 6.45) is 1.14. The van der Waals surface area contributed by atoms with Crippen molar-refractivity contribution >= 4 is 22.4 Å². The Hall–Kier alpha value is -1.95. The van der Waals surface area contributed by atoms with E-state index in [0.717, 1.165) is 16.3 Å².